The maximum Gasteiger partial charge on any atom is 0.262 e. The summed E-state index contributed by atoms with van der Waals surface area (Å²) in [6.45, 7) is 0. The van der Waals surface area contributed by atoms with Crippen molar-refractivity contribution in [2.45, 2.75) is 17.7 Å². The first-order chi connectivity index (χ1) is 16.1. The number of anilines is 1. The molecule has 0 aliphatic heterocycles. The molecule has 0 saturated heterocycles. The minimum atomic E-state index is -3.69. The summed E-state index contributed by atoms with van der Waals surface area (Å²) in [5.41, 5.74) is 5.60. The minimum absolute atomic E-state index is 0.371. The molecule has 0 fully saturated rings. The molecular formula is C27H20N2O2S2. The zero-order chi connectivity index (χ0) is 22.4. The SMILES string of the molecule is O=S(=O)(Nc1ccc(-c2csc(-c3ccccc3)n2)cc1)c1ccc2cccc3c2c1CC3. The van der Waals surface area contributed by atoms with Gasteiger partial charge in [0.1, 0.15) is 5.01 Å². The molecular weight excluding hydrogens is 448 g/mol. The lowest BCUT2D eigenvalue weighted by atomic mass is 10.1. The van der Waals surface area contributed by atoms with E-state index in [1.165, 1.54) is 5.56 Å². The summed E-state index contributed by atoms with van der Waals surface area (Å²) < 4.78 is 29.2. The van der Waals surface area contributed by atoms with Crippen molar-refractivity contribution in [3.63, 3.8) is 0 Å². The summed E-state index contributed by atoms with van der Waals surface area (Å²) in [7, 11) is -3.69. The van der Waals surface area contributed by atoms with Gasteiger partial charge in [-0.3, -0.25) is 4.72 Å². The normalized spacial score (nSPS) is 12.8. The molecule has 0 bridgehead atoms. The lowest BCUT2D eigenvalue weighted by Gasteiger charge is -2.12. The number of thiazole rings is 1. The average Bonchev–Trinajstić information content (AvgIpc) is 3.50. The van der Waals surface area contributed by atoms with Crippen LogP contribution in [0.2, 0.25) is 0 Å². The predicted molar refractivity (Wildman–Crippen MR) is 135 cm³/mol. The zero-order valence-corrected chi connectivity index (χ0v) is 19.3. The van der Waals surface area contributed by atoms with Gasteiger partial charge < -0.3 is 0 Å². The summed E-state index contributed by atoms with van der Waals surface area (Å²) in [4.78, 5) is 5.11. The molecule has 1 N–H and O–H groups in total. The van der Waals surface area contributed by atoms with E-state index in [-0.39, 0.29) is 0 Å². The smallest absolute Gasteiger partial charge is 0.262 e. The highest BCUT2D eigenvalue weighted by Gasteiger charge is 2.25. The Labute approximate surface area is 196 Å². The Morgan fingerprint density at radius 2 is 1.61 bits per heavy atom. The van der Waals surface area contributed by atoms with Crippen LogP contribution in [-0.4, -0.2) is 13.4 Å². The maximum absolute atomic E-state index is 13.2. The summed E-state index contributed by atoms with van der Waals surface area (Å²) >= 11 is 1.60. The molecule has 0 radical (unpaired) electrons. The predicted octanol–water partition coefficient (Wildman–Crippen LogP) is 6.53. The third-order valence-electron chi connectivity index (χ3n) is 6.09. The van der Waals surface area contributed by atoms with E-state index >= 15 is 0 Å². The number of hydrogen-bond acceptors (Lipinski definition) is 4. The third-order valence-corrected chi connectivity index (χ3v) is 8.45. The summed E-state index contributed by atoms with van der Waals surface area (Å²) in [6.07, 6.45) is 1.63. The number of aryl methyl sites for hydroxylation is 2. The van der Waals surface area contributed by atoms with Crippen molar-refractivity contribution in [3.8, 4) is 21.8 Å². The molecule has 4 nitrogen and oxygen atoms in total. The van der Waals surface area contributed by atoms with E-state index in [2.05, 4.69) is 10.8 Å². The number of nitrogens with one attached hydrogen (secondary N) is 1. The first-order valence-corrected chi connectivity index (χ1v) is 13.1. The van der Waals surface area contributed by atoms with Crippen LogP contribution in [0.3, 0.4) is 0 Å². The first kappa shape index (κ1) is 20.1. The zero-order valence-electron chi connectivity index (χ0n) is 17.7. The van der Waals surface area contributed by atoms with E-state index in [1.54, 1.807) is 29.5 Å². The molecule has 0 amide bonds. The van der Waals surface area contributed by atoms with Crippen LogP contribution < -0.4 is 4.72 Å². The molecule has 33 heavy (non-hydrogen) atoms. The van der Waals surface area contributed by atoms with Gasteiger partial charge >= 0.3 is 0 Å². The molecule has 6 heteroatoms. The van der Waals surface area contributed by atoms with Crippen LogP contribution in [0.5, 0.6) is 0 Å². The van der Waals surface area contributed by atoms with Gasteiger partial charge in [-0.25, -0.2) is 13.4 Å². The summed E-state index contributed by atoms with van der Waals surface area (Å²) in [5.74, 6) is 0. The van der Waals surface area contributed by atoms with E-state index in [4.69, 9.17) is 4.98 Å². The fourth-order valence-electron chi connectivity index (χ4n) is 4.52. The second-order valence-electron chi connectivity index (χ2n) is 8.14. The third kappa shape index (κ3) is 3.61. The van der Waals surface area contributed by atoms with E-state index in [0.717, 1.165) is 51.0 Å². The number of nitrogens with zero attached hydrogens (tertiary/aromatic N) is 1. The Bertz CT molecular complexity index is 1590. The van der Waals surface area contributed by atoms with E-state index < -0.39 is 10.0 Å². The van der Waals surface area contributed by atoms with E-state index in [0.29, 0.717) is 10.6 Å². The monoisotopic (exact) mass is 468 g/mol. The van der Waals surface area contributed by atoms with Crippen LogP contribution in [0.25, 0.3) is 32.6 Å². The van der Waals surface area contributed by atoms with Crippen molar-refractivity contribution < 1.29 is 8.42 Å². The molecule has 0 atom stereocenters. The highest BCUT2D eigenvalue weighted by molar-refractivity contribution is 7.92. The Hall–Kier alpha value is -3.48. The Kier molecular flexibility index (Phi) is 4.78. The molecule has 5 aromatic rings. The Morgan fingerprint density at radius 1 is 0.788 bits per heavy atom. The fraction of sp³-hybridized carbons (Fsp3) is 0.0741. The molecule has 4 aromatic carbocycles. The number of aromatic nitrogens is 1. The van der Waals surface area contributed by atoms with Crippen LogP contribution in [0.4, 0.5) is 5.69 Å². The van der Waals surface area contributed by atoms with E-state index in [9.17, 15) is 8.42 Å². The second kappa shape index (κ2) is 7.83. The van der Waals surface area contributed by atoms with Crippen LogP contribution in [-0.2, 0) is 22.9 Å². The van der Waals surface area contributed by atoms with Crippen molar-refractivity contribution >= 4 is 37.8 Å². The van der Waals surface area contributed by atoms with Crippen molar-refractivity contribution in [3.05, 3.63) is 101 Å². The minimum Gasteiger partial charge on any atom is -0.280 e. The fourth-order valence-corrected chi connectivity index (χ4v) is 6.69. The van der Waals surface area contributed by atoms with Gasteiger partial charge in [-0.15, -0.1) is 11.3 Å². The lowest BCUT2D eigenvalue weighted by Crippen LogP contribution is -2.14. The molecule has 1 aromatic heterocycles. The standard InChI is InChI=1S/C27H20N2O2S2/c30-33(31,25-16-12-20-8-4-7-19-11-15-23(25)26(19)20)29-22-13-9-18(10-14-22)24-17-32-27(28-24)21-5-2-1-3-6-21/h1-10,12-14,16-17,29H,11,15H2. The van der Waals surface area contributed by atoms with Gasteiger partial charge in [0.15, 0.2) is 0 Å². The molecule has 0 spiro atoms. The molecule has 1 aliphatic rings. The van der Waals surface area contributed by atoms with Crippen molar-refractivity contribution in [1.29, 1.82) is 0 Å². The lowest BCUT2D eigenvalue weighted by molar-refractivity contribution is 0.600. The van der Waals surface area contributed by atoms with Crippen LogP contribution >= 0.6 is 11.3 Å². The van der Waals surface area contributed by atoms with Gasteiger partial charge in [0.2, 0.25) is 0 Å². The second-order valence-corrected chi connectivity index (χ2v) is 10.7. The molecule has 1 aliphatic carbocycles. The van der Waals surface area contributed by atoms with Gasteiger partial charge in [-0.1, -0.05) is 66.7 Å². The molecule has 0 unspecified atom stereocenters. The first-order valence-electron chi connectivity index (χ1n) is 10.8. The average molecular weight is 469 g/mol. The van der Waals surface area contributed by atoms with Crippen LogP contribution in [0, 0.1) is 0 Å². The van der Waals surface area contributed by atoms with Crippen molar-refractivity contribution in [2.75, 3.05) is 4.72 Å². The van der Waals surface area contributed by atoms with Crippen molar-refractivity contribution in [2.24, 2.45) is 0 Å². The van der Waals surface area contributed by atoms with Gasteiger partial charge in [0.05, 0.1) is 10.6 Å². The number of hydrogen-bond donors (Lipinski definition) is 1. The molecule has 1 heterocycles. The molecule has 6 rings (SSSR count). The molecule has 162 valence electrons. The summed E-state index contributed by atoms with van der Waals surface area (Å²) in [5, 5.41) is 5.18. The Morgan fingerprint density at radius 3 is 2.42 bits per heavy atom. The van der Waals surface area contributed by atoms with Gasteiger partial charge in [0.25, 0.3) is 10.0 Å². The highest BCUT2D eigenvalue weighted by Crippen LogP contribution is 2.36. The van der Waals surface area contributed by atoms with Crippen LogP contribution in [0.1, 0.15) is 11.1 Å². The van der Waals surface area contributed by atoms with Gasteiger partial charge in [-0.2, -0.15) is 0 Å². The topological polar surface area (TPSA) is 59.1 Å². The van der Waals surface area contributed by atoms with E-state index in [1.807, 2.05) is 66.0 Å². The van der Waals surface area contributed by atoms with Crippen LogP contribution in [0.15, 0.2) is 95.2 Å². The maximum atomic E-state index is 13.2. The summed E-state index contributed by atoms with van der Waals surface area (Å²) in [6, 6.07) is 27.2. The Balaban J connectivity index is 1.27. The number of sulfonamides is 1. The largest absolute Gasteiger partial charge is 0.280 e. The van der Waals surface area contributed by atoms with Gasteiger partial charge in [0, 0.05) is 22.2 Å². The highest BCUT2D eigenvalue weighted by atomic mass is 32.2. The molecule has 0 saturated carbocycles. The van der Waals surface area contributed by atoms with Crippen molar-refractivity contribution in [1.82, 2.24) is 4.98 Å². The number of rotatable bonds is 5. The number of benzene rings is 4. The quantitative estimate of drug-likeness (QED) is 0.319. The van der Waals surface area contributed by atoms with Gasteiger partial charge in [-0.05, 0) is 52.9 Å².